The summed E-state index contributed by atoms with van der Waals surface area (Å²) in [6, 6.07) is 5.89. The Morgan fingerprint density at radius 3 is 2.88 bits per heavy atom. The van der Waals surface area contributed by atoms with Crippen LogP contribution in [0.3, 0.4) is 0 Å². The van der Waals surface area contributed by atoms with Gasteiger partial charge in [0, 0.05) is 22.5 Å². The van der Waals surface area contributed by atoms with E-state index in [1.165, 1.54) is 30.0 Å². The van der Waals surface area contributed by atoms with E-state index in [9.17, 15) is 4.79 Å². The first kappa shape index (κ1) is 15.1. The predicted octanol–water partition coefficient (Wildman–Crippen LogP) is 3.77. The van der Waals surface area contributed by atoms with E-state index in [1.807, 2.05) is 30.6 Å². The zero-order valence-electron chi connectivity index (χ0n) is 14.4. The van der Waals surface area contributed by atoms with Gasteiger partial charge in [0.1, 0.15) is 5.69 Å². The van der Waals surface area contributed by atoms with E-state index in [-0.39, 0.29) is 5.97 Å². The number of hydrogen-bond donors (Lipinski definition) is 2. The van der Waals surface area contributed by atoms with Crippen molar-refractivity contribution >= 4 is 27.8 Å². The van der Waals surface area contributed by atoms with Gasteiger partial charge in [0.15, 0.2) is 0 Å². The molecule has 0 amide bonds. The van der Waals surface area contributed by atoms with Crippen LogP contribution in [0.5, 0.6) is 0 Å². The summed E-state index contributed by atoms with van der Waals surface area (Å²) in [5.74, 6) is -0.369. The molecule has 1 aliphatic rings. The molecule has 6 nitrogen and oxygen atoms in total. The standard InChI is InChI=1S/C20H18N4O2/c1-26-20(25)17-8-11(9-21-17)19-13-5-3-2-4-12(13)18-14-10-22-24-15(14)6-7-16(18)23-19/h6-10,21H,2-5H2,1H3,(H,22,24). The average molecular weight is 346 g/mol. The molecule has 1 aliphatic carbocycles. The number of esters is 1. The van der Waals surface area contributed by atoms with Gasteiger partial charge in [-0.05, 0) is 55.0 Å². The second kappa shape index (κ2) is 5.69. The van der Waals surface area contributed by atoms with Crippen molar-refractivity contribution in [1.29, 1.82) is 0 Å². The van der Waals surface area contributed by atoms with Crippen molar-refractivity contribution in [1.82, 2.24) is 20.2 Å². The van der Waals surface area contributed by atoms with Gasteiger partial charge in [0.25, 0.3) is 0 Å². The Balaban J connectivity index is 1.79. The quantitative estimate of drug-likeness (QED) is 0.541. The number of rotatable bonds is 2. The summed E-state index contributed by atoms with van der Waals surface area (Å²) in [5.41, 5.74) is 6.99. The highest BCUT2D eigenvalue weighted by molar-refractivity contribution is 6.07. The maximum Gasteiger partial charge on any atom is 0.354 e. The molecule has 0 bridgehead atoms. The molecule has 2 N–H and O–H groups in total. The van der Waals surface area contributed by atoms with Crippen LogP contribution in [0.4, 0.5) is 0 Å². The minimum atomic E-state index is -0.369. The van der Waals surface area contributed by atoms with Crippen molar-refractivity contribution in [3.8, 4) is 11.3 Å². The number of benzene rings is 1. The van der Waals surface area contributed by atoms with E-state index in [2.05, 4.69) is 15.2 Å². The number of aromatic amines is 2. The number of hydrogen-bond acceptors (Lipinski definition) is 4. The first-order valence-corrected chi connectivity index (χ1v) is 8.81. The van der Waals surface area contributed by atoms with Crippen LogP contribution in [0.15, 0.2) is 30.6 Å². The summed E-state index contributed by atoms with van der Waals surface area (Å²) < 4.78 is 4.81. The molecule has 6 heteroatoms. The number of ether oxygens (including phenoxy) is 1. The molecule has 1 aromatic carbocycles. The number of fused-ring (bicyclic) bond motifs is 5. The Morgan fingerprint density at radius 1 is 1.19 bits per heavy atom. The van der Waals surface area contributed by atoms with E-state index in [0.29, 0.717) is 5.69 Å². The summed E-state index contributed by atoms with van der Waals surface area (Å²) in [4.78, 5) is 19.8. The molecule has 130 valence electrons. The summed E-state index contributed by atoms with van der Waals surface area (Å²) >= 11 is 0. The largest absolute Gasteiger partial charge is 0.464 e. The molecule has 3 aromatic heterocycles. The number of nitrogens with zero attached hydrogens (tertiary/aromatic N) is 2. The summed E-state index contributed by atoms with van der Waals surface area (Å²) in [7, 11) is 1.38. The third-order valence-corrected chi connectivity index (χ3v) is 5.25. The molecule has 0 atom stereocenters. The average Bonchev–Trinajstić information content (AvgIpc) is 3.35. The van der Waals surface area contributed by atoms with Crippen LogP contribution in [0.2, 0.25) is 0 Å². The lowest BCUT2D eigenvalue weighted by molar-refractivity contribution is 0.0595. The minimum Gasteiger partial charge on any atom is -0.464 e. The van der Waals surface area contributed by atoms with Gasteiger partial charge in [-0.2, -0.15) is 5.10 Å². The summed E-state index contributed by atoms with van der Waals surface area (Å²) in [5, 5.41) is 9.59. The number of carbonyl (C=O) groups is 1. The molecule has 3 heterocycles. The molecule has 26 heavy (non-hydrogen) atoms. The molecule has 0 spiro atoms. The van der Waals surface area contributed by atoms with Crippen molar-refractivity contribution < 1.29 is 9.53 Å². The monoisotopic (exact) mass is 346 g/mol. The van der Waals surface area contributed by atoms with Crippen LogP contribution in [-0.2, 0) is 17.6 Å². The molecule has 0 saturated carbocycles. The Hall–Kier alpha value is -3.15. The van der Waals surface area contributed by atoms with E-state index in [0.717, 1.165) is 46.9 Å². The summed E-state index contributed by atoms with van der Waals surface area (Å²) in [6.07, 6.45) is 8.11. The van der Waals surface area contributed by atoms with Crippen molar-refractivity contribution in [2.24, 2.45) is 0 Å². The third-order valence-electron chi connectivity index (χ3n) is 5.25. The Kier molecular flexibility index (Phi) is 3.31. The second-order valence-corrected chi connectivity index (χ2v) is 6.71. The molecule has 0 saturated heterocycles. The lowest BCUT2D eigenvalue weighted by atomic mass is 9.86. The molecule has 0 fully saturated rings. The van der Waals surface area contributed by atoms with E-state index in [1.54, 1.807) is 0 Å². The highest BCUT2D eigenvalue weighted by Crippen LogP contribution is 2.37. The fraction of sp³-hybridized carbons (Fsp3) is 0.250. The second-order valence-electron chi connectivity index (χ2n) is 6.71. The van der Waals surface area contributed by atoms with E-state index < -0.39 is 0 Å². The number of methoxy groups -OCH3 is 1. The molecular weight excluding hydrogens is 328 g/mol. The third kappa shape index (κ3) is 2.15. The number of H-pyrrole nitrogens is 2. The van der Waals surface area contributed by atoms with Gasteiger partial charge in [0.05, 0.1) is 30.0 Å². The highest BCUT2D eigenvalue weighted by Gasteiger charge is 2.22. The first-order chi connectivity index (χ1) is 12.8. The van der Waals surface area contributed by atoms with Crippen LogP contribution < -0.4 is 0 Å². The zero-order valence-corrected chi connectivity index (χ0v) is 14.4. The Labute approximate surface area is 149 Å². The number of carbonyl (C=O) groups excluding carboxylic acids is 1. The van der Waals surface area contributed by atoms with E-state index >= 15 is 0 Å². The number of pyridine rings is 1. The fourth-order valence-electron chi connectivity index (χ4n) is 4.04. The van der Waals surface area contributed by atoms with Gasteiger partial charge in [-0.1, -0.05) is 0 Å². The smallest absolute Gasteiger partial charge is 0.354 e. The van der Waals surface area contributed by atoms with Gasteiger partial charge < -0.3 is 9.72 Å². The summed E-state index contributed by atoms with van der Waals surface area (Å²) in [6.45, 7) is 0. The highest BCUT2D eigenvalue weighted by atomic mass is 16.5. The lowest BCUT2D eigenvalue weighted by Gasteiger charge is -2.21. The lowest BCUT2D eigenvalue weighted by Crippen LogP contribution is -2.07. The topological polar surface area (TPSA) is 83.7 Å². The molecule has 0 unspecified atom stereocenters. The van der Waals surface area contributed by atoms with Crippen molar-refractivity contribution in [2.45, 2.75) is 25.7 Å². The van der Waals surface area contributed by atoms with Crippen molar-refractivity contribution in [2.75, 3.05) is 7.11 Å². The fourth-order valence-corrected chi connectivity index (χ4v) is 4.04. The van der Waals surface area contributed by atoms with Gasteiger partial charge in [-0.15, -0.1) is 0 Å². The van der Waals surface area contributed by atoms with Gasteiger partial charge in [-0.3, -0.25) is 5.10 Å². The normalized spacial score (nSPS) is 13.9. The zero-order chi connectivity index (χ0) is 17.7. The number of aryl methyl sites for hydroxylation is 1. The Bertz CT molecular complexity index is 1160. The van der Waals surface area contributed by atoms with Crippen molar-refractivity contribution in [3.05, 3.63) is 47.4 Å². The predicted molar refractivity (Wildman–Crippen MR) is 99.2 cm³/mol. The molecular formula is C20H18N4O2. The van der Waals surface area contributed by atoms with Crippen molar-refractivity contribution in [3.63, 3.8) is 0 Å². The minimum absolute atomic E-state index is 0.369. The maximum absolute atomic E-state index is 11.8. The van der Waals surface area contributed by atoms with Gasteiger partial charge >= 0.3 is 5.97 Å². The SMILES string of the molecule is COC(=O)c1cc(-c2nc3ccc4[nH]ncc4c3c3c2CCCC3)c[nH]1. The number of aromatic nitrogens is 4. The van der Waals surface area contributed by atoms with Crippen LogP contribution in [-0.4, -0.2) is 33.2 Å². The molecule has 4 aromatic rings. The van der Waals surface area contributed by atoms with Crippen LogP contribution in [0, 0.1) is 0 Å². The molecule has 0 radical (unpaired) electrons. The van der Waals surface area contributed by atoms with Gasteiger partial charge in [0.2, 0.25) is 0 Å². The Morgan fingerprint density at radius 2 is 2.04 bits per heavy atom. The van der Waals surface area contributed by atoms with Crippen LogP contribution >= 0.6 is 0 Å². The van der Waals surface area contributed by atoms with Gasteiger partial charge in [-0.25, -0.2) is 9.78 Å². The molecule has 0 aliphatic heterocycles. The number of nitrogens with one attached hydrogen (secondary N) is 2. The van der Waals surface area contributed by atoms with E-state index in [4.69, 9.17) is 9.72 Å². The van der Waals surface area contributed by atoms with Crippen LogP contribution in [0.25, 0.3) is 33.1 Å². The first-order valence-electron chi connectivity index (χ1n) is 8.81. The van der Waals surface area contributed by atoms with Crippen LogP contribution in [0.1, 0.15) is 34.5 Å². The molecule has 5 rings (SSSR count). The maximum atomic E-state index is 11.8.